The summed E-state index contributed by atoms with van der Waals surface area (Å²) in [6.07, 6.45) is 5.43. The molecule has 136 valence electrons. The van der Waals surface area contributed by atoms with Crippen molar-refractivity contribution in [3.8, 4) is 0 Å². The first-order valence-corrected chi connectivity index (χ1v) is 9.12. The number of carbonyl (C=O) groups is 1. The molecule has 1 N–H and O–H groups in total. The minimum Gasteiger partial charge on any atom is -0.408 e. The standard InChI is InChI=1S/C19H26N2O4/c1-14-6-2-4-8-16(14)24-13-11-20-18(22)10-12-21-15-7-3-5-9-17(15)25-19(21)23/h3,5,7,9,14,16H,2,4,6,8,10-13H2,1H3,(H,20,22)/t14-,16+/m1/s1. The van der Waals surface area contributed by atoms with E-state index in [0.717, 1.165) is 11.9 Å². The highest BCUT2D eigenvalue weighted by atomic mass is 16.5. The zero-order valence-corrected chi connectivity index (χ0v) is 14.7. The number of rotatable bonds is 7. The molecule has 1 heterocycles. The maximum atomic E-state index is 12.0. The molecule has 0 bridgehead atoms. The number of hydrogen-bond acceptors (Lipinski definition) is 4. The molecule has 1 saturated carbocycles. The van der Waals surface area contributed by atoms with E-state index < -0.39 is 5.76 Å². The number of ether oxygens (including phenoxy) is 1. The Morgan fingerprint density at radius 3 is 2.96 bits per heavy atom. The molecule has 3 rings (SSSR count). The highest BCUT2D eigenvalue weighted by molar-refractivity contribution is 5.76. The molecule has 0 spiro atoms. The van der Waals surface area contributed by atoms with Gasteiger partial charge in [0.15, 0.2) is 5.58 Å². The minimum atomic E-state index is -0.427. The molecule has 0 radical (unpaired) electrons. The molecule has 25 heavy (non-hydrogen) atoms. The van der Waals surface area contributed by atoms with E-state index in [9.17, 15) is 9.59 Å². The van der Waals surface area contributed by atoms with Crippen LogP contribution in [0.4, 0.5) is 0 Å². The van der Waals surface area contributed by atoms with Gasteiger partial charge in [-0.2, -0.15) is 0 Å². The second-order valence-corrected chi connectivity index (χ2v) is 6.76. The predicted octanol–water partition coefficient (Wildman–Crippen LogP) is 2.70. The van der Waals surface area contributed by atoms with Crippen LogP contribution >= 0.6 is 0 Å². The van der Waals surface area contributed by atoms with E-state index in [4.69, 9.17) is 9.15 Å². The van der Waals surface area contributed by atoms with Crippen LogP contribution in [0.3, 0.4) is 0 Å². The third kappa shape index (κ3) is 4.51. The highest BCUT2D eigenvalue weighted by Crippen LogP contribution is 2.25. The number of amides is 1. The Hall–Kier alpha value is -2.08. The monoisotopic (exact) mass is 346 g/mol. The molecular weight excluding hydrogens is 320 g/mol. The molecule has 0 saturated heterocycles. The maximum absolute atomic E-state index is 12.0. The highest BCUT2D eigenvalue weighted by Gasteiger charge is 2.21. The van der Waals surface area contributed by atoms with Crippen LogP contribution in [0.25, 0.3) is 11.1 Å². The summed E-state index contributed by atoms with van der Waals surface area (Å²) in [6, 6.07) is 7.22. The molecule has 1 fully saturated rings. The van der Waals surface area contributed by atoms with Crippen molar-refractivity contribution < 1.29 is 13.9 Å². The van der Waals surface area contributed by atoms with E-state index in [1.54, 1.807) is 6.07 Å². The van der Waals surface area contributed by atoms with E-state index >= 15 is 0 Å². The molecule has 1 aromatic carbocycles. The summed E-state index contributed by atoms with van der Waals surface area (Å²) in [5.41, 5.74) is 1.26. The molecule has 0 unspecified atom stereocenters. The topological polar surface area (TPSA) is 73.5 Å². The summed E-state index contributed by atoms with van der Waals surface area (Å²) >= 11 is 0. The maximum Gasteiger partial charge on any atom is 0.419 e. The van der Waals surface area contributed by atoms with Crippen LogP contribution < -0.4 is 11.1 Å². The smallest absolute Gasteiger partial charge is 0.408 e. The lowest BCUT2D eigenvalue weighted by atomic mass is 9.88. The fourth-order valence-electron chi connectivity index (χ4n) is 3.46. The van der Waals surface area contributed by atoms with Gasteiger partial charge in [-0.3, -0.25) is 9.36 Å². The van der Waals surface area contributed by atoms with Gasteiger partial charge in [-0.25, -0.2) is 4.79 Å². The van der Waals surface area contributed by atoms with Gasteiger partial charge >= 0.3 is 5.76 Å². The van der Waals surface area contributed by atoms with Crippen molar-refractivity contribution in [2.24, 2.45) is 5.92 Å². The molecule has 6 heteroatoms. The minimum absolute atomic E-state index is 0.0857. The number of para-hydroxylation sites is 2. The quantitative estimate of drug-likeness (QED) is 0.782. The summed E-state index contributed by atoms with van der Waals surface area (Å²) in [5.74, 6) is 0.0896. The lowest BCUT2D eigenvalue weighted by Gasteiger charge is -2.28. The van der Waals surface area contributed by atoms with Crippen LogP contribution in [0.2, 0.25) is 0 Å². The number of nitrogens with zero attached hydrogens (tertiary/aromatic N) is 1. The summed E-state index contributed by atoms with van der Waals surface area (Å²) in [6.45, 7) is 3.58. The average molecular weight is 346 g/mol. The third-order valence-electron chi connectivity index (χ3n) is 4.93. The first-order chi connectivity index (χ1) is 12.1. The van der Waals surface area contributed by atoms with Crippen molar-refractivity contribution in [2.75, 3.05) is 13.2 Å². The van der Waals surface area contributed by atoms with Gasteiger partial charge in [-0.15, -0.1) is 0 Å². The molecule has 2 aromatic rings. The molecule has 0 aliphatic heterocycles. The van der Waals surface area contributed by atoms with Crippen molar-refractivity contribution in [3.05, 3.63) is 34.8 Å². The van der Waals surface area contributed by atoms with Gasteiger partial charge in [0.25, 0.3) is 0 Å². The number of fused-ring (bicyclic) bond motifs is 1. The molecule has 1 aliphatic carbocycles. The third-order valence-corrected chi connectivity index (χ3v) is 4.93. The Kier molecular flexibility index (Phi) is 5.91. The van der Waals surface area contributed by atoms with Gasteiger partial charge < -0.3 is 14.5 Å². The summed E-state index contributed by atoms with van der Waals surface area (Å²) in [7, 11) is 0. The largest absolute Gasteiger partial charge is 0.419 e. The van der Waals surface area contributed by atoms with Crippen molar-refractivity contribution in [2.45, 2.75) is 51.7 Å². The first-order valence-electron chi connectivity index (χ1n) is 9.12. The van der Waals surface area contributed by atoms with Gasteiger partial charge in [0, 0.05) is 19.5 Å². The normalized spacial score (nSPS) is 20.7. The average Bonchev–Trinajstić information content (AvgIpc) is 2.93. The van der Waals surface area contributed by atoms with Gasteiger partial charge in [0.05, 0.1) is 18.2 Å². The van der Waals surface area contributed by atoms with Crippen LogP contribution in [0, 0.1) is 5.92 Å². The molecule has 1 aromatic heterocycles. The van der Waals surface area contributed by atoms with Crippen LogP contribution in [0.1, 0.15) is 39.0 Å². The number of hydrogen-bond donors (Lipinski definition) is 1. The Morgan fingerprint density at radius 2 is 2.12 bits per heavy atom. The van der Waals surface area contributed by atoms with E-state index in [1.807, 2.05) is 18.2 Å². The molecule has 6 nitrogen and oxygen atoms in total. The predicted molar refractivity (Wildman–Crippen MR) is 95.5 cm³/mol. The van der Waals surface area contributed by atoms with Crippen molar-refractivity contribution in [1.29, 1.82) is 0 Å². The molecule has 2 atom stereocenters. The van der Waals surface area contributed by atoms with E-state index in [1.165, 1.54) is 23.8 Å². The van der Waals surface area contributed by atoms with Crippen molar-refractivity contribution >= 4 is 17.0 Å². The van der Waals surface area contributed by atoms with E-state index in [-0.39, 0.29) is 12.3 Å². The number of benzene rings is 1. The summed E-state index contributed by atoms with van der Waals surface area (Å²) in [5, 5.41) is 2.86. The van der Waals surface area contributed by atoms with Gasteiger partial charge in [0.1, 0.15) is 0 Å². The summed E-state index contributed by atoms with van der Waals surface area (Å²) in [4.78, 5) is 23.9. The fourth-order valence-corrected chi connectivity index (χ4v) is 3.46. The molecule has 1 aliphatic rings. The Bertz CT molecular complexity index is 764. The van der Waals surface area contributed by atoms with Crippen LogP contribution in [0.5, 0.6) is 0 Å². The Morgan fingerprint density at radius 1 is 1.32 bits per heavy atom. The van der Waals surface area contributed by atoms with E-state index in [0.29, 0.717) is 37.3 Å². The van der Waals surface area contributed by atoms with Gasteiger partial charge in [-0.1, -0.05) is 31.9 Å². The zero-order chi connectivity index (χ0) is 17.6. The lowest BCUT2D eigenvalue weighted by molar-refractivity contribution is -0.121. The number of nitrogens with one attached hydrogen (secondary N) is 1. The van der Waals surface area contributed by atoms with Gasteiger partial charge in [0.2, 0.25) is 5.91 Å². The SMILES string of the molecule is C[C@@H]1CCCC[C@@H]1OCCNC(=O)CCn1c(=O)oc2ccccc21. The Labute approximate surface area is 147 Å². The molecular formula is C19H26N2O4. The van der Waals surface area contributed by atoms with E-state index in [2.05, 4.69) is 12.2 Å². The van der Waals surface area contributed by atoms with Crippen LogP contribution in [0.15, 0.2) is 33.5 Å². The first kappa shape index (κ1) is 17.7. The van der Waals surface area contributed by atoms with Crippen LogP contribution in [-0.4, -0.2) is 29.7 Å². The number of aryl methyl sites for hydroxylation is 1. The van der Waals surface area contributed by atoms with Crippen molar-refractivity contribution in [1.82, 2.24) is 9.88 Å². The van der Waals surface area contributed by atoms with Crippen LogP contribution in [-0.2, 0) is 16.1 Å². The number of oxazole rings is 1. The second kappa shape index (κ2) is 8.34. The molecule has 1 amide bonds. The fraction of sp³-hybridized carbons (Fsp3) is 0.579. The van der Waals surface area contributed by atoms with Crippen molar-refractivity contribution in [3.63, 3.8) is 0 Å². The second-order valence-electron chi connectivity index (χ2n) is 6.76. The number of carbonyl (C=O) groups excluding carboxylic acids is 1. The summed E-state index contributed by atoms with van der Waals surface area (Å²) < 4.78 is 12.5. The Balaban J connectivity index is 1.41. The lowest BCUT2D eigenvalue weighted by Crippen LogP contribution is -2.32. The zero-order valence-electron chi connectivity index (χ0n) is 14.7. The number of aromatic nitrogens is 1. The van der Waals surface area contributed by atoms with Gasteiger partial charge in [-0.05, 0) is 30.9 Å².